The maximum absolute atomic E-state index is 11.3. The minimum absolute atomic E-state index is 0.0669. The molecule has 4 nitrogen and oxygen atoms in total. The lowest BCUT2D eigenvalue weighted by Gasteiger charge is -2.24. The van der Waals surface area contributed by atoms with E-state index in [0.717, 1.165) is 24.2 Å². The predicted octanol–water partition coefficient (Wildman–Crippen LogP) is 0.927. The van der Waals surface area contributed by atoms with Crippen LogP contribution in [0.3, 0.4) is 0 Å². The first-order valence-electron chi connectivity index (χ1n) is 5.51. The van der Waals surface area contributed by atoms with E-state index in [1.54, 1.807) is 0 Å². The van der Waals surface area contributed by atoms with Gasteiger partial charge in [0.2, 0.25) is 0 Å². The summed E-state index contributed by atoms with van der Waals surface area (Å²) in [7, 11) is 0. The Morgan fingerprint density at radius 2 is 2.40 bits per heavy atom. The van der Waals surface area contributed by atoms with Gasteiger partial charge in [0.25, 0.3) is 0 Å². The van der Waals surface area contributed by atoms with Crippen molar-refractivity contribution in [3.05, 3.63) is 27.9 Å². The summed E-state index contributed by atoms with van der Waals surface area (Å²) >= 11 is 0. The summed E-state index contributed by atoms with van der Waals surface area (Å²) in [6, 6.07) is 2.06. The van der Waals surface area contributed by atoms with Crippen LogP contribution in [0.2, 0.25) is 0 Å². The predicted molar refractivity (Wildman–Crippen MR) is 58.8 cm³/mol. The zero-order chi connectivity index (χ0) is 10.8. The number of hydrogen-bond donors (Lipinski definition) is 2. The third kappa shape index (κ3) is 2.45. The lowest BCUT2D eigenvalue weighted by Crippen LogP contribution is -2.24. The highest BCUT2D eigenvalue weighted by atomic mass is 16.1. The third-order valence-corrected chi connectivity index (χ3v) is 2.89. The Labute approximate surface area is 88.9 Å². The van der Waals surface area contributed by atoms with Gasteiger partial charge in [0.05, 0.1) is 5.69 Å². The van der Waals surface area contributed by atoms with Crippen molar-refractivity contribution in [1.29, 1.82) is 0 Å². The van der Waals surface area contributed by atoms with Crippen LogP contribution in [0.5, 0.6) is 0 Å². The molecule has 0 radical (unpaired) electrons. The summed E-state index contributed by atoms with van der Waals surface area (Å²) in [5.41, 5.74) is 7.32. The Morgan fingerprint density at radius 1 is 1.67 bits per heavy atom. The minimum atomic E-state index is -0.241. The second-order valence-corrected chi connectivity index (χ2v) is 4.45. The number of nitrogens with one attached hydrogen (secondary N) is 1. The van der Waals surface area contributed by atoms with Gasteiger partial charge in [0.15, 0.2) is 0 Å². The molecule has 0 amide bonds. The van der Waals surface area contributed by atoms with Gasteiger partial charge in [0.1, 0.15) is 0 Å². The van der Waals surface area contributed by atoms with Crippen LogP contribution in [0, 0.1) is 0 Å². The van der Waals surface area contributed by atoms with Crippen LogP contribution in [0.4, 0.5) is 0 Å². The summed E-state index contributed by atoms with van der Waals surface area (Å²) < 4.78 is 0. The lowest BCUT2D eigenvalue weighted by molar-refractivity contribution is 0.409. The molecule has 1 aromatic rings. The number of aromatic nitrogens is 2. The molecule has 3 N–H and O–H groups in total. The van der Waals surface area contributed by atoms with E-state index in [0.29, 0.717) is 12.3 Å². The van der Waals surface area contributed by atoms with E-state index in [1.165, 1.54) is 6.42 Å². The number of nitrogens with two attached hydrogens (primary N) is 1. The molecule has 0 saturated heterocycles. The van der Waals surface area contributed by atoms with E-state index >= 15 is 0 Å². The van der Waals surface area contributed by atoms with Crippen molar-refractivity contribution in [1.82, 2.24) is 9.97 Å². The summed E-state index contributed by atoms with van der Waals surface area (Å²) in [6.45, 7) is 1.93. The quantitative estimate of drug-likeness (QED) is 0.774. The number of H-pyrrole nitrogens is 1. The Balaban J connectivity index is 2.23. The average molecular weight is 207 g/mol. The van der Waals surface area contributed by atoms with Crippen molar-refractivity contribution in [3.8, 4) is 0 Å². The van der Waals surface area contributed by atoms with Crippen molar-refractivity contribution in [2.45, 2.75) is 44.6 Å². The molecule has 1 atom stereocenters. The highest BCUT2D eigenvalue weighted by molar-refractivity contribution is 5.15. The molecule has 2 rings (SSSR count). The van der Waals surface area contributed by atoms with E-state index in [4.69, 9.17) is 5.73 Å². The molecule has 0 aliphatic heterocycles. The highest BCUT2D eigenvalue weighted by Gasteiger charge is 2.21. The zero-order valence-corrected chi connectivity index (χ0v) is 8.99. The van der Waals surface area contributed by atoms with Crippen LogP contribution in [-0.2, 0) is 6.42 Å². The Hall–Kier alpha value is -1.16. The molecule has 0 aromatic carbocycles. The standard InChI is InChI=1S/C11H17N3O/c1-7(12)5-9-6-10(8-3-2-4-8)14-11(15)13-9/h6-8H,2-5,12H2,1H3,(H,13,14,15). The van der Waals surface area contributed by atoms with Crippen molar-refractivity contribution >= 4 is 0 Å². The Bertz CT molecular complexity index is 393. The Kier molecular flexibility index (Phi) is 2.86. The molecule has 1 fully saturated rings. The van der Waals surface area contributed by atoms with Gasteiger partial charge in [0, 0.05) is 24.1 Å². The second kappa shape index (κ2) is 4.14. The Morgan fingerprint density at radius 3 is 2.93 bits per heavy atom. The first-order valence-corrected chi connectivity index (χ1v) is 5.51. The van der Waals surface area contributed by atoms with Crippen LogP contribution in [-0.4, -0.2) is 16.0 Å². The summed E-state index contributed by atoms with van der Waals surface area (Å²) in [4.78, 5) is 18.1. The lowest BCUT2D eigenvalue weighted by atomic mass is 9.82. The maximum Gasteiger partial charge on any atom is 0.345 e. The summed E-state index contributed by atoms with van der Waals surface area (Å²) in [5, 5.41) is 0. The van der Waals surface area contributed by atoms with E-state index in [9.17, 15) is 4.79 Å². The topological polar surface area (TPSA) is 71.8 Å². The molecule has 4 heteroatoms. The van der Waals surface area contributed by atoms with Gasteiger partial charge in [-0.1, -0.05) is 6.42 Å². The van der Waals surface area contributed by atoms with Gasteiger partial charge in [-0.15, -0.1) is 0 Å². The average Bonchev–Trinajstić information content (AvgIpc) is 1.96. The monoisotopic (exact) mass is 207 g/mol. The molecule has 0 spiro atoms. The molecule has 15 heavy (non-hydrogen) atoms. The maximum atomic E-state index is 11.3. The molecule has 1 aromatic heterocycles. The van der Waals surface area contributed by atoms with Crippen LogP contribution >= 0.6 is 0 Å². The molecule has 1 aliphatic carbocycles. The SMILES string of the molecule is CC(N)Cc1cc(C2CCC2)nc(=O)[nH]1. The summed E-state index contributed by atoms with van der Waals surface area (Å²) in [6.07, 6.45) is 4.28. The van der Waals surface area contributed by atoms with Crippen LogP contribution in [0.1, 0.15) is 43.5 Å². The molecular formula is C11H17N3O. The normalized spacial score (nSPS) is 18.5. The molecular weight excluding hydrogens is 190 g/mol. The zero-order valence-electron chi connectivity index (χ0n) is 8.99. The largest absolute Gasteiger partial charge is 0.345 e. The minimum Gasteiger partial charge on any atom is -0.328 e. The molecule has 1 heterocycles. The van der Waals surface area contributed by atoms with Gasteiger partial charge in [-0.05, 0) is 25.8 Å². The van der Waals surface area contributed by atoms with E-state index in [1.807, 2.05) is 13.0 Å². The molecule has 1 aliphatic rings. The number of nitrogens with zero attached hydrogens (tertiary/aromatic N) is 1. The molecule has 82 valence electrons. The van der Waals surface area contributed by atoms with Crippen molar-refractivity contribution < 1.29 is 0 Å². The van der Waals surface area contributed by atoms with Gasteiger partial charge in [-0.25, -0.2) is 4.79 Å². The fourth-order valence-electron chi connectivity index (χ4n) is 1.90. The van der Waals surface area contributed by atoms with E-state index in [2.05, 4.69) is 9.97 Å². The van der Waals surface area contributed by atoms with Crippen molar-refractivity contribution in [2.75, 3.05) is 0 Å². The summed E-state index contributed by atoms with van der Waals surface area (Å²) in [5.74, 6) is 0.499. The number of aromatic amines is 1. The van der Waals surface area contributed by atoms with E-state index in [-0.39, 0.29) is 11.7 Å². The number of hydrogen-bond acceptors (Lipinski definition) is 3. The molecule has 0 bridgehead atoms. The van der Waals surface area contributed by atoms with Gasteiger partial charge in [-0.2, -0.15) is 4.98 Å². The fourth-order valence-corrected chi connectivity index (χ4v) is 1.90. The first kappa shape index (κ1) is 10.4. The highest BCUT2D eigenvalue weighted by Crippen LogP contribution is 2.34. The fraction of sp³-hybridized carbons (Fsp3) is 0.636. The van der Waals surface area contributed by atoms with Gasteiger partial charge < -0.3 is 10.7 Å². The first-order chi connectivity index (χ1) is 7.15. The second-order valence-electron chi connectivity index (χ2n) is 4.45. The number of rotatable bonds is 3. The van der Waals surface area contributed by atoms with Gasteiger partial charge in [-0.3, -0.25) is 0 Å². The molecule has 1 unspecified atom stereocenters. The van der Waals surface area contributed by atoms with Crippen LogP contribution in [0.15, 0.2) is 10.9 Å². The van der Waals surface area contributed by atoms with Crippen LogP contribution in [0.25, 0.3) is 0 Å². The van der Waals surface area contributed by atoms with Crippen molar-refractivity contribution in [3.63, 3.8) is 0 Å². The van der Waals surface area contributed by atoms with Crippen LogP contribution < -0.4 is 11.4 Å². The van der Waals surface area contributed by atoms with Gasteiger partial charge >= 0.3 is 5.69 Å². The van der Waals surface area contributed by atoms with E-state index < -0.39 is 0 Å². The van der Waals surface area contributed by atoms with Crippen molar-refractivity contribution in [2.24, 2.45) is 5.73 Å². The third-order valence-electron chi connectivity index (χ3n) is 2.89. The molecule has 1 saturated carbocycles. The smallest absolute Gasteiger partial charge is 0.328 e.